The van der Waals surface area contributed by atoms with Gasteiger partial charge in [-0.25, -0.2) is 0 Å². The average molecular weight is 362 g/mol. The molecule has 2 heterocycles. The van der Waals surface area contributed by atoms with Crippen molar-refractivity contribution < 1.29 is 4.74 Å². The quantitative estimate of drug-likeness (QED) is 0.851. The molecule has 1 aliphatic rings. The highest BCUT2D eigenvalue weighted by Crippen LogP contribution is 2.24. The zero-order valence-electron chi connectivity index (χ0n) is 15.0. The predicted molar refractivity (Wildman–Crippen MR) is 104 cm³/mol. The molecule has 3 rings (SSSR count). The normalized spacial score (nSPS) is 18.0. The van der Waals surface area contributed by atoms with Crippen LogP contribution in [0.25, 0.3) is 0 Å². The van der Waals surface area contributed by atoms with Gasteiger partial charge in [0.05, 0.1) is 6.61 Å². The van der Waals surface area contributed by atoms with Gasteiger partial charge in [-0.15, -0.1) is 12.4 Å². The molecule has 0 aliphatic carbocycles. The molecular formula is C20H28ClN3O. The fraction of sp³-hybridized carbons (Fsp3) is 0.450. The molecule has 4 nitrogen and oxygen atoms in total. The second kappa shape index (κ2) is 9.76. The van der Waals surface area contributed by atoms with Crippen molar-refractivity contribution in [2.75, 3.05) is 26.2 Å². The lowest BCUT2D eigenvalue weighted by Crippen LogP contribution is -2.45. The summed E-state index contributed by atoms with van der Waals surface area (Å²) in [6, 6.07) is 13.2. The lowest BCUT2D eigenvalue weighted by Gasteiger charge is -2.36. The largest absolute Gasteiger partial charge is 0.493 e. The fourth-order valence-electron chi connectivity index (χ4n) is 3.04. The molecule has 0 amide bonds. The zero-order valence-corrected chi connectivity index (χ0v) is 15.8. The van der Waals surface area contributed by atoms with Gasteiger partial charge in [0, 0.05) is 44.6 Å². The average Bonchev–Trinajstić information content (AvgIpc) is 2.62. The van der Waals surface area contributed by atoms with E-state index in [1.54, 1.807) is 0 Å². The minimum absolute atomic E-state index is 0. The van der Waals surface area contributed by atoms with Gasteiger partial charge in [-0.2, -0.15) is 0 Å². The van der Waals surface area contributed by atoms with Gasteiger partial charge in [0.25, 0.3) is 0 Å². The molecule has 1 atom stereocenters. The van der Waals surface area contributed by atoms with E-state index in [-0.39, 0.29) is 12.4 Å². The van der Waals surface area contributed by atoms with E-state index in [0.29, 0.717) is 12.0 Å². The van der Waals surface area contributed by atoms with Gasteiger partial charge in [0.2, 0.25) is 0 Å². The van der Waals surface area contributed by atoms with E-state index >= 15 is 0 Å². The van der Waals surface area contributed by atoms with Gasteiger partial charge in [0.1, 0.15) is 5.75 Å². The van der Waals surface area contributed by atoms with E-state index < -0.39 is 0 Å². The number of piperazine rings is 1. The van der Waals surface area contributed by atoms with Gasteiger partial charge in [-0.1, -0.05) is 26.0 Å². The van der Waals surface area contributed by atoms with Gasteiger partial charge < -0.3 is 10.1 Å². The van der Waals surface area contributed by atoms with Crippen LogP contribution >= 0.6 is 12.4 Å². The van der Waals surface area contributed by atoms with Crippen LogP contribution in [0.4, 0.5) is 0 Å². The Morgan fingerprint density at radius 2 is 1.88 bits per heavy atom. The van der Waals surface area contributed by atoms with Crippen LogP contribution in [-0.4, -0.2) is 36.1 Å². The molecular weight excluding hydrogens is 334 g/mol. The molecule has 2 aromatic rings. The number of halogens is 1. The Hall–Kier alpha value is -1.62. The summed E-state index contributed by atoms with van der Waals surface area (Å²) in [5.41, 5.74) is 2.65. The fourth-order valence-corrected chi connectivity index (χ4v) is 3.04. The summed E-state index contributed by atoms with van der Waals surface area (Å²) >= 11 is 0. The first-order chi connectivity index (χ1) is 11.7. The molecule has 1 aromatic carbocycles. The maximum atomic E-state index is 5.77. The second-order valence-electron chi connectivity index (χ2n) is 6.82. The maximum Gasteiger partial charge on any atom is 0.119 e. The lowest BCUT2D eigenvalue weighted by molar-refractivity contribution is 0.153. The number of ether oxygens (including phenoxy) is 1. The smallest absolute Gasteiger partial charge is 0.119 e. The number of hydrogen-bond donors (Lipinski definition) is 1. The van der Waals surface area contributed by atoms with Gasteiger partial charge >= 0.3 is 0 Å². The third-order valence-electron chi connectivity index (χ3n) is 4.34. The second-order valence-corrected chi connectivity index (χ2v) is 6.82. The summed E-state index contributed by atoms with van der Waals surface area (Å²) in [4.78, 5) is 6.67. The van der Waals surface area contributed by atoms with Crippen molar-refractivity contribution in [1.29, 1.82) is 0 Å². The highest BCUT2D eigenvalue weighted by molar-refractivity contribution is 5.85. The zero-order chi connectivity index (χ0) is 16.8. The number of nitrogens with zero attached hydrogens (tertiary/aromatic N) is 2. The molecule has 0 spiro atoms. The molecule has 1 unspecified atom stereocenters. The highest BCUT2D eigenvalue weighted by Gasteiger charge is 2.23. The van der Waals surface area contributed by atoms with Crippen LogP contribution in [0.5, 0.6) is 5.75 Å². The third kappa shape index (κ3) is 5.70. The summed E-state index contributed by atoms with van der Waals surface area (Å²) in [6.45, 7) is 9.13. The van der Waals surface area contributed by atoms with Gasteiger partial charge in [-0.3, -0.25) is 9.88 Å². The molecule has 0 bridgehead atoms. The molecule has 1 fully saturated rings. The minimum Gasteiger partial charge on any atom is -0.493 e. The Morgan fingerprint density at radius 3 is 2.56 bits per heavy atom. The van der Waals surface area contributed by atoms with Gasteiger partial charge in [0.15, 0.2) is 0 Å². The molecule has 25 heavy (non-hydrogen) atoms. The standard InChI is InChI=1S/C20H27N3O.ClH/c1-16(2)15-24-19-5-3-17(4-6-19)14-23-12-11-22-13-20(23)18-7-9-21-10-8-18;/h3-10,16,20,22H,11-15H2,1-2H3;1H. The van der Waals surface area contributed by atoms with E-state index in [4.69, 9.17) is 4.74 Å². The van der Waals surface area contributed by atoms with E-state index in [2.05, 4.69) is 65.4 Å². The van der Waals surface area contributed by atoms with Crippen molar-refractivity contribution in [3.63, 3.8) is 0 Å². The van der Waals surface area contributed by atoms with E-state index in [0.717, 1.165) is 38.5 Å². The van der Waals surface area contributed by atoms with Crippen LogP contribution < -0.4 is 10.1 Å². The first-order valence-electron chi connectivity index (χ1n) is 8.79. The topological polar surface area (TPSA) is 37.4 Å². The summed E-state index contributed by atoms with van der Waals surface area (Å²) in [6.07, 6.45) is 3.76. The Balaban J connectivity index is 0.00000225. The van der Waals surface area contributed by atoms with Crippen LogP contribution in [-0.2, 0) is 6.54 Å². The highest BCUT2D eigenvalue weighted by atomic mass is 35.5. The molecule has 1 N–H and O–H groups in total. The van der Waals surface area contributed by atoms with Gasteiger partial charge in [-0.05, 0) is 41.3 Å². The van der Waals surface area contributed by atoms with Crippen molar-refractivity contribution in [1.82, 2.24) is 15.2 Å². The Kier molecular flexibility index (Phi) is 7.69. The first-order valence-corrected chi connectivity index (χ1v) is 8.79. The number of pyridine rings is 1. The summed E-state index contributed by atoms with van der Waals surface area (Å²) in [7, 11) is 0. The monoisotopic (exact) mass is 361 g/mol. The number of aromatic nitrogens is 1. The van der Waals surface area contributed by atoms with Crippen LogP contribution in [0.15, 0.2) is 48.8 Å². The van der Waals surface area contributed by atoms with Crippen molar-refractivity contribution in [3.8, 4) is 5.75 Å². The number of benzene rings is 1. The molecule has 1 aliphatic heterocycles. The summed E-state index contributed by atoms with van der Waals surface area (Å²) in [5, 5.41) is 3.50. The summed E-state index contributed by atoms with van der Waals surface area (Å²) < 4.78 is 5.77. The van der Waals surface area contributed by atoms with E-state index in [1.165, 1.54) is 11.1 Å². The van der Waals surface area contributed by atoms with Crippen LogP contribution in [0.2, 0.25) is 0 Å². The number of nitrogens with one attached hydrogen (secondary N) is 1. The van der Waals surface area contributed by atoms with Crippen molar-refractivity contribution in [2.45, 2.75) is 26.4 Å². The third-order valence-corrected chi connectivity index (χ3v) is 4.34. The van der Waals surface area contributed by atoms with Crippen LogP contribution in [0.1, 0.15) is 31.0 Å². The Morgan fingerprint density at radius 1 is 1.16 bits per heavy atom. The lowest BCUT2D eigenvalue weighted by atomic mass is 10.0. The van der Waals surface area contributed by atoms with Crippen molar-refractivity contribution in [2.24, 2.45) is 5.92 Å². The Bertz CT molecular complexity index is 619. The maximum absolute atomic E-state index is 5.77. The minimum atomic E-state index is 0. The van der Waals surface area contributed by atoms with Crippen molar-refractivity contribution in [3.05, 3.63) is 59.9 Å². The molecule has 136 valence electrons. The van der Waals surface area contributed by atoms with E-state index in [1.807, 2.05) is 12.4 Å². The Labute approximate surface area is 157 Å². The molecule has 0 saturated carbocycles. The molecule has 1 saturated heterocycles. The molecule has 5 heteroatoms. The van der Waals surface area contributed by atoms with Crippen molar-refractivity contribution >= 4 is 12.4 Å². The van der Waals surface area contributed by atoms with Crippen LogP contribution in [0, 0.1) is 5.92 Å². The first kappa shape index (κ1) is 19.7. The number of rotatable bonds is 6. The number of hydrogen-bond acceptors (Lipinski definition) is 4. The SMILES string of the molecule is CC(C)COc1ccc(CN2CCNCC2c2ccncc2)cc1.Cl. The summed E-state index contributed by atoms with van der Waals surface area (Å²) in [5.74, 6) is 1.50. The van der Waals surface area contributed by atoms with E-state index in [9.17, 15) is 0 Å². The van der Waals surface area contributed by atoms with Crippen LogP contribution in [0.3, 0.4) is 0 Å². The molecule has 1 aromatic heterocycles. The predicted octanol–water partition coefficient (Wildman–Crippen LogP) is 3.68. The molecule has 0 radical (unpaired) electrons.